The molecule has 158 valence electrons. The van der Waals surface area contributed by atoms with Gasteiger partial charge in [0.2, 0.25) is 5.91 Å². The van der Waals surface area contributed by atoms with Crippen LogP contribution in [0.1, 0.15) is 37.1 Å². The topological polar surface area (TPSA) is 64.0 Å². The van der Waals surface area contributed by atoms with E-state index in [9.17, 15) is 14.0 Å². The summed E-state index contributed by atoms with van der Waals surface area (Å²) in [5.41, 5.74) is 1.49. The fourth-order valence-electron chi connectivity index (χ4n) is 3.61. The number of rotatable bonds is 6. The number of aryl methyl sites for hydroxylation is 2. The number of anilines is 1. The second-order valence-corrected chi connectivity index (χ2v) is 10.1. The number of thioether (sulfide) groups is 1. The molecule has 1 N–H and O–H groups in total. The minimum absolute atomic E-state index is 0.0158. The Kier molecular flexibility index (Phi) is 6.18. The molecule has 0 fully saturated rings. The highest BCUT2D eigenvalue weighted by Crippen LogP contribution is 2.36. The summed E-state index contributed by atoms with van der Waals surface area (Å²) in [4.78, 5) is 32.7. The van der Waals surface area contributed by atoms with Gasteiger partial charge in [0.25, 0.3) is 5.56 Å². The Morgan fingerprint density at radius 1 is 1.43 bits per heavy atom. The molecule has 0 aliphatic heterocycles. The molecule has 4 rings (SSSR count). The largest absolute Gasteiger partial charge is 0.324 e. The lowest BCUT2D eigenvalue weighted by atomic mass is 10.2. The predicted molar refractivity (Wildman–Crippen MR) is 122 cm³/mol. The Labute approximate surface area is 186 Å². The van der Waals surface area contributed by atoms with Crippen molar-refractivity contribution in [1.82, 2.24) is 9.55 Å². The predicted octanol–water partition coefficient (Wildman–Crippen LogP) is 5.27. The lowest BCUT2D eigenvalue weighted by Gasteiger charge is -2.16. The van der Waals surface area contributed by atoms with Crippen LogP contribution in [0.3, 0.4) is 0 Å². The SMILES string of the molecule is CCCn1c(SC(C)C(=O)Nc2ccc(F)cc2Cl)nc2sc3c(c2c1=O)CCC3. The number of benzene rings is 1. The molecule has 1 aromatic carbocycles. The van der Waals surface area contributed by atoms with Crippen molar-refractivity contribution < 1.29 is 9.18 Å². The number of fused-ring (bicyclic) bond motifs is 3. The Hall–Kier alpha value is -1.90. The van der Waals surface area contributed by atoms with Gasteiger partial charge in [0.15, 0.2) is 5.16 Å². The van der Waals surface area contributed by atoms with Gasteiger partial charge in [0.05, 0.1) is 21.3 Å². The van der Waals surface area contributed by atoms with E-state index >= 15 is 0 Å². The second kappa shape index (κ2) is 8.69. The van der Waals surface area contributed by atoms with Gasteiger partial charge >= 0.3 is 0 Å². The van der Waals surface area contributed by atoms with Gasteiger partial charge in [-0.15, -0.1) is 11.3 Å². The van der Waals surface area contributed by atoms with Gasteiger partial charge in [-0.3, -0.25) is 14.2 Å². The van der Waals surface area contributed by atoms with Crippen LogP contribution in [0.15, 0.2) is 28.2 Å². The van der Waals surface area contributed by atoms with Crippen molar-refractivity contribution >= 4 is 56.5 Å². The highest BCUT2D eigenvalue weighted by atomic mass is 35.5. The van der Waals surface area contributed by atoms with Crippen LogP contribution in [0.25, 0.3) is 10.2 Å². The second-order valence-electron chi connectivity index (χ2n) is 7.26. The van der Waals surface area contributed by atoms with Gasteiger partial charge < -0.3 is 5.32 Å². The maximum Gasteiger partial charge on any atom is 0.263 e. The van der Waals surface area contributed by atoms with Crippen LogP contribution in [0.2, 0.25) is 5.02 Å². The molecule has 2 heterocycles. The molecule has 1 atom stereocenters. The minimum atomic E-state index is -0.523. The van der Waals surface area contributed by atoms with Gasteiger partial charge in [-0.2, -0.15) is 0 Å². The third-order valence-electron chi connectivity index (χ3n) is 5.08. The minimum Gasteiger partial charge on any atom is -0.324 e. The molecule has 5 nitrogen and oxygen atoms in total. The van der Waals surface area contributed by atoms with Crippen molar-refractivity contribution in [3.8, 4) is 0 Å². The molecule has 1 unspecified atom stereocenters. The van der Waals surface area contributed by atoms with Crippen LogP contribution in [0, 0.1) is 5.82 Å². The highest BCUT2D eigenvalue weighted by molar-refractivity contribution is 8.00. The molecule has 0 saturated carbocycles. The van der Waals surface area contributed by atoms with E-state index in [1.54, 1.807) is 22.8 Å². The molecule has 3 aromatic rings. The summed E-state index contributed by atoms with van der Waals surface area (Å²) < 4.78 is 14.9. The number of hydrogen-bond donors (Lipinski definition) is 1. The normalized spacial score (nSPS) is 14.1. The molecule has 0 bridgehead atoms. The zero-order valence-electron chi connectivity index (χ0n) is 16.6. The van der Waals surface area contributed by atoms with Crippen LogP contribution < -0.4 is 10.9 Å². The van der Waals surface area contributed by atoms with Crippen molar-refractivity contribution in [3.63, 3.8) is 0 Å². The fraction of sp³-hybridized carbons (Fsp3) is 0.381. The van der Waals surface area contributed by atoms with Crippen LogP contribution in [0.4, 0.5) is 10.1 Å². The average Bonchev–Trinajstić information content (AvgIpc) is 3.27. The maximum absolute atomic E-state index is 13.2. The number of nitrogens with one attached hydrogen (secondary N) is 1. The van der Waals surface area contributed by atoms with Crippen molar-refractivity contribution in [1.29, 1.82) is 0 Å². The lowest BCUT2D eigenvalue weighted by molar-refractivity contribution is -0.115. The first-order valence-corrected chi connectivity index (χ1v) is 11.9. The van der Waals surface area contributed by atoms with Crippen LogP contribution in [0.5, 0.6) is 0 Å². The lowest BCUT2D eigenvalue weighted by Crippen LogP contribution is -2.27. The number of halogens is 2. The number of hydrogen-bond acceptors (Lipinski definition) is 5. The number of nitrogens with zero attached hydrogens (tertiary/aromatic N) is 2. The van der Waals surface area contributed by atoms with Gasteiger partial charge in [-0.25, -0.2) is 9.37 Å². The molecular formula is C21H21ClFN3O2S2. The van der Waals surface area contributed by atoms with E-state index in [4.69, 9.17) is 16.6 Å². The van der Waals surface area contributed by atoms with Crippen molar-refractivity contribution in [3.05, 3.63) is 49.8 Å². The summed E-state index contributed by atoms with van der Waals surface area (Å²) in [5.74, 6) is -0.760. The summed E-state index contributed by atoms with van der Waals surface area (Å²) in [6.45, 7) is 4.31. The van der Waals surface area contributed by atoms with Crippen molar-refractivity contribution in [2.24, 2.45) is 0 Å². The fourth-order valence-corrected chi connectivity index (χ4v) is 6.06. The molecular weight excluding hydrogens is 445 g/mol. The molecule has 1 aliphatic carbocycles. The van der Waals surface area contributed by atoms with Crippen molar-refractivity contribution in [2.75, 3.05) is 5.32 Å². The smallest absolute Gasteiger partial charge is 0.263 e. The van der Waals surface area contributed by atoms with E-state index in [-0.39, 0.29) is 16.5 Å². The summed E-state index contributed by atoms with van der Waals surface area (Å²) >= 11 is 8.85. The molecule has 0 spiro atoms. The van der Waals surface area contributed by atoms with Crippen LogP contribution in [-0.4, -0.2) is 20.7 Å². The van der Waals surface area contributed by atoms with E-state index in [0.29, 0.717) is 17.4 Å². The molecule has 1 amide bonds. The summed E-state index contributed by atoms with van der Waals surface area (Å²) in [7, 11) is 0. The molecule has 2 aromatic heterocycles. The number of aromatic nitrogens is 2. The molecule has 9 heteroatoms. The van der Waals surface area contributed by atoms with Crippen molar-refractivity contribution in [2.45, 2.75) is 56.5 Å². The first-order chi connectivity index (χ1) is 14.4. The van der Waals surface area contributed by atoms with E-state index in [1.165, 1.54) is 28.8 Å². The third-order valence-corrected chi connectivity index (χ3v) is 7.67. The highest BCUT2D eigenvalue weighted by Gasteiger charge is 2.25. The van der Waals surface area contributed by atoms with Gasteiger partial charge in [-0.1, -0.05) is 30.3 Å². The quantitative estimate of drug-likeness (QED) is 0.398. The average molecular weight is 466 g/mol. The standard InChI is InChI=1S/C21H21ClFN3O2S2/c1-3-9-26-20(28)17-13-5-4-6-16(13)30-19(17)25-21(26)29-11(2)18(27)24-15-8-7-12(23)10-14(15)22/h7-8,10-11H,3-6,9H2,1-2H3,(H,24,27). The third kappa shape index (κ3) is 4.00. The van der Waals surface area contributed by atoms with Gasteiger partial charge in [-0.05, 0) is 56.4 Å². The first-order valence-electron chi connectivity index (χ1n) is 9.86. The Morgan fingerprint density at radius 3 is 2.97 bits per heavy atom. The van der Waals surface area contributed by atoms with Gasteiger partial charge in [0, 0.05) is 11.4 Å². The number of carbonyl (C=O) groups excluding carboxylic acids is 1. The maximum atomic E-state index is 13.2. The van der Waals surface area contributed by atoms with Gasteiger partial charge in [0.1, 0.15) is 10.6 Å². The Balaban J connectivity index is 1.63. The van der Waals surface area contributed by atoms with E-state index in [1.807, 2.05) is 6.92 Å². The Morgan fingerprint density at radius 2 is 2.23 bits per heavy atom. The number of amides is 1. The van der Waals surface area contributed by atoms with E-state index in [0.717, 1.165) is 47.5 Å². The molecule has 1 aliphatic rings. The Bertz CT molecular complexity index is 1190. The summed E-state index contributed by atoms with van der Waals surface area (Å²) in [6, 6.07) is 3.82. The monoisotopic (exact) mass is 465 g/mol. The van der Waals surface area contributed by atoms with Crippen LogP contribution in [-0.2, 0) is 24.2 Å². The van der Waals surface area contributed by atoms with E-state index in [2.05, 4.69) is 5.32 Å². The van der Waals surface area contributed by atoms with Crippen LogP contribution >= 0.6 is 34.7 Å². The molecule has 30 heavy (non-hydrogen) atoms. The molecule has 0 radical (unpaired) electrons. The number of carbonyl (C=O) groups is 1. The molecule has 0 saturated heterocycles. The summed E-state index contributed by atoms with van der Waals surface area (Å²) in [5, 5.41) is 3.63. The summed E-state index contributed by atoms with van der Waals surface area (Å²) in [6.07, 6.45) is 3.81. The zero-order valence-corrected chi connectivity index (χ0v) is 19.0. The first kappa shape index (κ1) is 21.3. The number of thiophene rings is 1. The van der Waals surface area contributed by atoms with E-state index < -0.39 is 11.1 Å². The zero-order chi connectivity index (χ0) is 21.4.